The number of thiazole rings is 1. The number of likely N-dealkylation sites (N-methyl/N-ethyl adjacent to an activating group) is 1. The van der Waals surface area contributed by atoms with Crippen molar-refractivity contribution in [2.24, 2.45) is 0 Å². The Morgan fingerprint density at radius 2 is 2.17 bits per heavy atom. The van der Waals surface area contributed by atoms with E-state index in [-0.39, 0.29) is 18.2 Å². The zero-order valence-electron chi connectivity index (χ0n) is 12.2. The Balaban J connectivity index is 1.84. The van der Waals surface area contributed by atoms with Crippen molar-refractivity contribution >= 4 is 34.5 Å². The molecule has 10 heteroatoms. The number of aromatic nitrogens is 1. The summed E-state index contributed by atoms with van der Waals surface area (Å²) < 4.78 is 43.6. The number of fused-ring (bicyclic) bond motifs is 1. The molecule has 0 spiro atoms. The van der Waals surface area contributed by atoms with E-state index in [4.69, 9.17) is 4.74 Å². The predicted molar refractivity (Wildman–Crippen MR) is 80.4 cm³/mol. The molecule has 24 heavy (non-hydrogen) atoms. The molecule has 0 saturated carbocycles. The molecule has 1 aromatic carbocycles. The molecule has 0 radical (unpaired) electrons. The topological polar surface area (TPSA) is 71.5 Å². The Bertz CT molecular complexity index is 819. The summed E-state index contributed by atoms with van der Waals surface area (Å²) in [5, 5.41) is 2.38. The number of ether oxygens (including phenoxy) is 1. The molecule has 2 aromatic rings. The second-order valence-electron chi connectivity index (χ2n) is 4.91. The zero-order valence-corrected chi connectivity index (χ0v) is 13.0. The molecule has 0 bridgehead atoms. The van der Waals surface area contributed by atoms with Crippen LogP contribution in [0.3, 0.4) is 0 Å². The van der Waals surface area contributed by atoms with E-state index in [0.29, 0.717) is 22.8 Å². The minimum absolute atomic E-state index is 0.145. The summed E-state index contributed by atoms with van der Waals surface area (Å²) in [6.07, 6.45) is -4.70. The molecule has 2 heterocycles. The Morgan fingerprint density at radius 1 is 1.42 bits per heavy atom. The van der Waals surface area contributed by atoms with Crippen LogP contribution in [0.15, 0.2) is 23.7 Å². The maximum absolute atomic E-state index is 12.8. The van der Waals surface area contributed by atoms with Crippen molar-refractivity contribution in [1.29, 1.82) is 0 Å². The number of hydrogen-bond donors (Lipinski definition) is 1. The fourth-order valence-corrected chi connectivity index (χ4v) is 2.85. The van der Waals surface area contributed by atoms with Gasteiger partial charge in [0, 0.05) is 18.8 Å². The summed E-state index contributed by atoms with van der Waals surface area (Å²) in [5.74, 6) is -0.779. The summed E-state index contributed by atoms with van der Waals surface area (Å²) >= 11 is 0.606. The van der Waals surface area contributed by atoms with Crippen LogP contribution in [0.25, 0.3) is 0 Å². The van der Waals surface area contributed by atoms with Crippen LogP contribution in [0.1, 0.15) is 15.4 Å². The van der Waals surface area contributed by atoms with Crippen LogP contribution in [0.5, 0.6) is 5.75 Å². The summed E-state index contributed by atoms with van der Waals surface area (Å²) in [6, 6.07) is 4.47. The number of carbonyl (C=O) groups excluding carboxylic acids is 2. The van der Waals surface area contributed by atoms with Crippen molar-refractivity contribution in [1.82, 2.24) is 4.98 Å². The van der Waals surface area contributed by atoms with E-state index in [1.165, 1.54) is 17.0 Å². The average Bonchev–Trinajstić information content (AvgIpc) is 3.01. The number of benzene rings is 1. The first-order chi connectivity index (χ1) is 11.3. The Kier molecular flexibility index (Phi) is 3.91. The van der Waals surface area contributed by atoms with E-state index < -0.39 is 22.7 Å². The fraction of sp³-hybridized carbons (Fsp3) is 0.214. The maximum Gasteiger partial charge on any atom is 0.434 e. The molecule has 0 atom stereocenters. The molecular formula is C14H10F3N3O3S. The third kappa shape index (κ3) is 2.92. The van der Waals surface area contributed by atoms with Gasteiger partial charge in [-0.2, -0.15) is 13.2 Å². The second-order valence-corrected chi connectivity index (χ2v) is 5.76. The number of alkyl halides is 3. The van der Waals surface area contributed by atoms with E-state index in [0.717, 1.165) is 5.51 Å². The molecular weight excluding hydrogens is 347 g/mol. The standard InChI is InChI=1S/C14H10F3N3O3S/c1-20-8-3-2-7(4-9(8)23-5-10(20)21)19-13(22)11-12(14(15,16)17)18-6-24-11/h2-4,6H,5H2,1H3,(H,19,22). The van der Waals surface area contributed by atoms with Crippen LogP contribution < -0.4 is 15.0 Å². The summed E-state index contributed by atoms with van der Waals surface area (Å²) in [7, 11) is 1.58. The van der Waals surface area contributed by atoms with E-state index in [1.807, 2.05) is 0 Å². The monoisotopic (exact) mass is 357 g/mol. The molecule has 126 valence electrons. The molecule has 1 aliphatic rings. The van der Waals surface area contributed by atoms with Gasteiger partial charge in [-0.25, -0.2) is 4.98 Å². The van der Waals surface area contributed by atoms with Crippen molar-refractivity contribution < 1.29 is 27.5 Å². The minimum Gasteiger partial charge on any atom is -0.481 e. The number of amides is 2. The molecule has 0 aliphatic carbocycles. The zero-order chi connectivity index (χ0) is 17.5. The van der Waals surface area contributed by atoms with Gasteiger partial charge in [0.25, 0.3) is 11.8 Å². The molecule has 1 aromatic heterocycles. The lowest BCUT2D eigenvalue weighted by molar-refractivity contribution is -0.141. The van der Waals surface area contributed by atoms with E-state index >= 15 is 0 Å². The van der Waals surface area contributed by atoms with Gasteiger partial charge in [-0.05, 0) is 12.1 Å². The summed E-state index contributed by atoms with van der Waals surface area (Å²) in [6.45, 7) is -0.145. The number of hydrogen-bond acceptors (Lipinski definition) is 5. The third-order valence-corrected chi connectivity index (χ3v) is 4.17. The molecule has 0 fully saturated rings. The highest BCUT2D eigenvalue weighted by molar-refractivity contribution is 7.12. The van der Waals surface area contributed by atoms with Gasteiger partial charge in [-0.1, -0.05) is 0 Å². The lowest BCUT2D eigenvalue weighted by Crippen LogP contribution is -2.35. The Morgan fingerprint density at radius 3 is 2.88 bits per heavy atom. The van der Waals surface area contributed by atoms with Crippen LogP contribution in [-0.4, -0.2) is 30.5 Å². The van der Waals surface area contributed by atoms with Gasteiger partial charge >= 0.3 is 6.18 Å². The van der Waals surface area contributed by atoms with Crippen LogP contribution in [0.2, 0.25) is 0 Å². The number of nitrogens with zero attached hydrogens (tertiary/aromatic N) is 2. The summed E-state index contributed by atoms with van der Waals surface area (Å²) in [4.78, 5) is 27.7. The third-order valence-electron chi connectivity index (χ3n) is 3.35. The highest BCUT2D eigenvalue weighted by Crippen LogP contribution is 2.35. The first-order valence-corrected chi connectivity index (χ1v) is 7.51. The van der Waals surface area contributed by atoms with Crippen molar-refractivity contribution in [2.75, 3.05) is 23.9 Å². The predicted octanol–water partition coefficient (Wildman–Crippen LogP) is 2.77. The molecule has 1 N–H and O–H groups in total. The van der Waals surface area contributed by atoms with Gasteiger partial charge in [-0.15, -0.1) is 11.3 Å². The molecule has 6 nitrogen and oxygen atoms in total. The van der Waals surface area contributed by atoms with Crippen molar-refractivity contribution in [2.45, 2.75) is 6.18 Å². The van der Waals surface area contributed by atoms with Gasteiger partial charge in [0.1, 0.15) is 10.6 Å². The van der Waals surface area contributed by atoms with Gasteiger partial charge in [0.15, 0.2) is 12.3 Å². The molecule has 3 rings (SSSR count). The van der Waals surface area contributed by atoms with E-state index in [2.05, 4.69) is 10.3 Å². The van der Waals surface area contributed by atoms with Gasteiger partial charge in [0.2, 0.25) is 0 Å². The quantitative estimate of drug-likeness (QED) is 0.897. The number of halogens is 3. The number of anilines is 2. The lowest BCUT2D eigenvalue weighted by atomic mass is 10.2. The lowest BCUT2D eigenvalue weighted by Gasteiger charge is -2.26. The highest BCUT2D eigenvalue weighted by atomic mass is 32.1. The largest absolute Gasteiger partial charge is 0.481 e. The highest BCUT2D eigenvalue weighted by Gasteiger charge is 2.38. The Labute approximate surface area is 137 Å². The van der Waals surface area contributed by atoms with Crippen LogP contribution in [0.4, 0.5) is 24.5 Å². The van der Waals surface area contributed by atoms with Crippen LogP contribution in [0, 0.1) is 0 Å². The average molecular weight is 357 g/mol. The number of rotatable bonds is 2. The van der Waals surface area contributed by atoms with Crippen molar-refractivity contribution in [3.05, 3.63) is 34.3 Å². The van der Waals surface area contributed by atoms with Crippen LogP contribution >= 0.6 is 11.3 Å². The van der Waals surface area contributed by atoms with Crippen LogP contribution in [-0.2, 0) is 11.0 Å². The molecule has 0 unspecified atom stereocenters. The smallest absolute Gasteiger partial charge is 0.434 e. The number of nitrogens with one attached hydrogen (secondary N) is 1. The molecule has 1 aliphatic heterocycles. The first-order valence-electron chi connectivity index (χ1n) is 6.63. The first kappa shape index (κ1) is 16.2. The van der Waals surface area contributed by atoms with Crippen molar-refractivity contribution in [3.8, 4) is 5.75 Å². The van der Waals surface area contributed by atoms with Gasteiger partial charge in [0.05, 0.1) is 11.2 Å². The maximum atomic E-state index is 12.8. The van der Waals surface area contributed by atoms with Crippen molar-refractivity contribution in [3.63, 3.8) is 0 Å². The van der Waals surface area contributed by atoms with E-state index in [1.54, 1.807) is 13.1 Å². The Hall–Kier alpha value is -2.62. The van der Waals surface area contributed by atoms with Gasteiger partial charge in [-0.3, -0.25) is 9.59 Å². The van der Waals surface area contributed by atoms with Gasteiger partial charge < -0.3 is 15.0 Å². The van der Waals surface area contributed by atoms with E-state index in [9.17, 15) is 22.8 Å². The molecule has 0 saturated heterocycles. The minimum atomic E-state index is -4.70. The second kappa shape index (κ2) is 5.78. The molecule has 2 amide bonds. The summed E-state index contributed by atoms with van der Waals surface area (Å²) in [5.41, 5.74) is 0.513. The SMILES string of the molecule is CN1C(=O)COc2cc(NC(=O)c3scnc3C(F)(F)F)ccc21. The number of carbonyl (C=O) groups is 2. The fourth-order valence-electron chi connectivity index (χ4n) is 2.15. The normalized spacial score (nSPS) is 14.2.